The zero-order valence-electron chi connectivity index (χ0n) is 9.27. The van der Waals surface area contributed by atoms with E-state index in [0.29, 0.717) is 28.2 Å². The van der Waals surface area contributed by atoms with Crippen LogP contribution in [0.1, 0.15) is 5.56 Å². The van der Waals surface area contributed by atoms with Crippen LogP contribution in [0.3, 0.4) is 0 Å². The predicted molar refractivity (Wildman–Crippen MR) is 69.3 cm³/mol. The number of ether oxygens (including phenoxy) is 1. The fourth-order valence-electron chi connectivity index (χ4n) is 1.47. The average molecular weight is 250 g/mol. The van der Waals surface area contributed by atoms with Crippen LogP contribution in [0.2, 0.25) is 5.15 Å². The summed E-state index contributed by atoms with van der Waals surface area (Å²) in [5.74, 6) is 1.58. The molecule has 1 aromatic carbocycles. The van der Waals surface area contributed by atoms with Crippen LogP contribution in [0, 0.1) is 6.92 Å². The van der Waals surface area contributed by atoms with E-state index >= 15 is 0 Å². The first kappa shape index (κ1) is 11.5. The molecule has 0 aliphatic heterocycles. The Kier molecular flexibility index (Phi) is 3.06. The molecule has 2 rings (SSSR count). The largest absolute Gasteiger partial charge is 0.457 e. The number of rotatable bonds is 2. The molecule has 0 unspecified atom stereocenters. The van der Waals surface area contributed by atoms with E-state index in [1.54, 1.807) is 24.3 Å². The number of hydrogen-bond donors (Lipinski definition) is 2. The molecule has 5 heteroatoms. The van der Waals surface area contributed by atoms with E-state index in [1.165, 1.54) is 0 Å². The first-order chi connectivity index (χ1) is 8.04. The molecule has 4 nitrogen and oxygen atoms in total. The molecule has 0 atom stereocenters. The van der Waals surface area contributed by atoms with Gasteiger partial charge in [-0.2, -0.15) is 0 Å². The van der Waals surface area contributed by atoms with Crippen LogP contribution in [0.4, 0.5) is 11.5 Å². The molecule has 17 heavy (non-hydrogen) atoms. The lowest BCUT2D eigenvalue weighted by Gasteiger charge is -2.09. The van der Waals surface area contributed by atoms with Crippen LogP contribution in [0.5, 0.6) is 11.5 Å². The van der Waals surface area contributed by atoms with Crippen molar-refractivity contribution >= 4 is 23.1 Å². The highest BCUT2D eigenvalue weighted by atomic mass is 35.5. The summed E-state index contributed by atoms with van der Waals surface area (Å²) in [7, 11) is 0. The Morgan fingerprint density at radius 3 is 2.59 bits per heavy atom. The normalized spacial score (nSPS) is 10.2. The third-order valence-electron chi connectivity index (χ3n) is 2.21. The van der Waals surface area contributed by atoms with Gasteiger partial charge in [-0.1, -0.05) is 11.6 Å². The summed E-state index contributed by atoms with van der Waals surface area (Å²) in [4.78, 5) is 3.86. The molecule has 1 heterocycles. The van der Waals surface area contributed by atoms with Gasteiger partial charge in [-0.25, -0.2) is 4.98 Å². The number of nitrogens with zero attached hydrogens (tertiary/aromatic N) is 1. The van der Waals surface area contributed by atoms with Crippen LogP contribution in [0.15, 0.2) is 30.3 Å². The van der Waals surface area contributed by atoms with Crippen molar-refractivity contribution in [2.75, 3.05) is 11.5 Å². The van der Waals surface area contributed by atoms with E-state index < -0.39 is 0 Å². The lowest BCUT2D eigenvalue weighted by atomic mass is 10.2. The highest BCUT2D eigenvalue weighted by Gasteiger charge is 2.04. The summed E-state index contributed by atoms with van der Waals surface area (Å²) in [6.45, 7) is 1.91. The van der Waals surface area contributed by atoms with Crippen LogP contribution < -0.4 is 16.2 Å². The van der Waals surface area contributed by atoms with Gasteiger partial charge in [0.1, 0.15) is 22.5 Å². The van der Waals surface area contributed by atoms with Gasteiger partial charge in [-0.3, -0.25) is 0 Å². The summed E-state index contributed by atoms with van der Waals surface area (Å²) in [6, 6.07) is 8.63. The molecule has 0 aliphatic rings. The van der Waals surface area contributed by atoms with E-state index in [9.17, 15) is 0 Å². The summed E-state index contributed by atoms with van der Waals surface area (Å²) >= 11 is 5.79. The molecule has 0 bridgehead atoms. The van der Waals surface area contributed by atoms with Crippen molar-refractivity contribution in [3.8, 4) is 11.5 Å². The van der Waals surface area contributed by atoms with Gasteiger partial charge in [-0.05, 0) is 30.7 Å². The Morgan fingerprint density at radius 1 is 1.18 bits per heavy atom. The first-order valence-corrected chi connectivity index (χ1v) is 5.39. The van der Waals surface area contributed by atoms with Crippen LogP contribution in [-0.4, -0.2) is 4.98 Å². The number of aromatic nitrogens is 1. The lowest BCUT2D eigenvalue weighted by Crippen LogP contribution is -1.94. The maximum atomic E-state index is 5.79. The molecule has 88 valence electrons. The molecule has 2 aromatic rings. The quantitative estimate of drug-likeness (QED) is 0.634. The maximum Gasteiger partial charge on any atom is 0.135 e. The number of pyridine rings is 1. The van der Waals surface area contributed by atoms with Crippen molar-refractivity contribution in [3.05, 3.63) is 41.0 Å². The first-order valence-electron chi connectivity index (χ1n) is 5.01. The minimum Gasteiger partial charge on any atom is -0.457 e. The topological polar surface area (TPSA) is 74.2 Å². The van der Waals surface area contributed by atoms with Crippen LogP contribution in [-0.2, 0) is 0 Å². The minimum atomic E-state index is 0.299. The standard InChI is InChI=1S/C12H12ClN3O/c1-7-4-8(14)2-3-10(7)17-9-5-11(13)16-12(15)6-9/h2-6H,14H2,1H3,(H2,15,16). The lowest BCUT2D eigenvalue weighted by molar-refractivity contribution is 0.478. The highest BCUT2D eigenvalue weighted by Crippen LogP contribution is 2.28. The summed E-state index contributed by atoms with van der Waals surface area (Å²) in [6.07, 6.45) is 0. The zero-order valence-corrected chi connectivity index (χ0v) is 10.0. The molecule has 0 amide bonds. The third kappa shape index (κ3) is 2.79. The van der Waals surface area contributed by atoms with E-state index in [4.69, 9.17) is 27.8 Å². The SMILES string of the molecule is Cc1cc(N)ccc1Oc1cc(N)nc(Cl)c1. The fourth-order valence-corrected chi connectivity index (χ4v) is 1.67. The Labute approximate surface area is 104 Å². The van der Waals surface area contributed by atoms with Crippen molar-refractivity contribution in [3.63, 3.8) is 0 Å². The van der Waals surface area contributed by atoms with E-state index in [0.717, 1.165) is 5.56 Å². The van der Waals surface area contributed by atoms with Gasteiger partial charge < -0.3 is 16.2 Å². The minimum absolute atomic E-state index is 0.299. The number of halogens is 1. The monoisotopic (exact) mass is 249 g/mol. The van der Waals surface area contributed by atoms with Gasteiger partial charge in [0.15, 0.2) is 0 Å². The number of benzene rings is 1. The molecule has 0 fully saturated rings. The number of anilines is 2. The molecule has 0 saturated heterocycles. The predicted octanol–water partition coefficient (Wildman–Crippen LogP) is 3.00. The second kappa shape index (κ2) is 4.51. The van der Waals surface area contributed by atoms with Crippen molar-refractivity contribution < 1.29 is 4.74 Å². The van der Waals surface area contributed by atoms with Crippen molar-refractivity contribution in [1.29, 1.82) is 0 Å². The summed E-state index contributed by atoms with van der Waals surface area (Å²) in [5, 5.41) is 0.299. The van der Waals surface area contributed by atoms with Gasteiger partial charge in [0.2, 0.25) is 0 Å². The highest BCUT2D eigenvalue weighted by molar-refractivity contribution is 6.29. The van der Waals surface area contributed by atoms with Gasteiger partial charge >= 0.3 is 0 Å². The fraction of sp³-hybridized carbons (Fsp3) is 0.0833. The van der Waals surface area contributed by atoms with Gasteiger partial charge in [-0.15, -0.1) is 0 Å². The Balaban J connectivity index is 2.31. The van der Waals surface area contributed by atoms with Crippen LogP contribution >= 0.6 is 11.6 Å². The summed E-state index contributed by atoms with van der Waals surface area (Å²) in [5.41, 5.74) is 12.9. The molecule has 4 N–H and O–H groups in total. The van der Waals surface area contributed by atoms with Gasteiger partial charge in [0, 0.05) is 17.8 Å². The molecular weight excluding hydrogens is 238 g/mol. The second-order valence-corrected chi connectivity index (χ2v) is 4.06. The number of hydrogen-bond acceptors (Lipinski definition) is 4. The van der Waals surface area contributed by atoms with Crippen molar-refractivity contribution in [2.24, 2.45) is 0 Å². The Hall–Kier alpha value is -1.94. The van der Waals surface area contributed by atoms with Gasteiger partial charge in [0.25, 0.3) is 0 Å². The molecule has 0 aliphatic carbocycles. The number of nitrogen functional groups attached to an aromatic ring is 2. The Bertz CT molecular complexity index is 537. The van der Waals surface area contributed by atoms with Crippen LogP contribution in [0.25, 0.3) is 0 Å². The third-order valence-corrected chi connectivity index (χ3v) is 2.41. The number of aryl methyl sites for hydroxylation is 1. The number of nitrogens with two attached hydrogens (primary N) is 2. The summed E-state index contributed by atoms with van der Waals surface area (Å²) < 4.78 is 5.67. The van der Waals surface area contributed by atoms with E-state index in [2.05, 4.69) is 4.98 Å². The van der Waals surface area contributed by atoms with E-state index in [-0.39, 0.29) is 0 Å². The Morgan fingerprint density at radius 2 is 1.94 bits per heavy atom. The smallest absolute Gasteiger partial charge is 0.135 e. The molecular formula is C12H12ClN3O. The molecule has 1 aromatic heterocycles. The van der Waals surface area contributed by atoms with Crippen molar-refractivity contribution in [1.82, 2.24) is 4.98 Å². The maximum absolute atomic E-state index is 5.79. The molecule has 0 spiro atoms. The van der Waals surface area contributed by atoms with Gasteiger partial charge in [0.05, 0.1) is 0 Å². The zero-order chi connectivity index (χ0) is 12.4. The molecule has 0 saturated carbocycles. The average Bonchev–Trinajstić information content (AvgIpc) is 2.21. The molecule has 0 radical (unpaired) electrons. The van der Waals surface area contributed by atoms with Crippen molar-refractivity contribution in [2.45, 2.75) is 6.92 Å². The van der Waals surface area contributed by atoms with E-state index in [1.807, 2.05) is 13.0 Å². The second-order valence-electron chi connectivity index (χ2n) is 3.68.